The molecule has 3 aliphatic heterocycles. The van der Waals surface area contributed by atoms with Gasteiger partial charge in [0, 0.05) is 36.8 Å². The van der Waals surface area contributed by atoms with Gasteiger partial charge in [-0.25, -0.2) is 0 Å². The lowest BCUT2D eigenvalue weighted by Crippen LogP contribution is -2.41. The molecule has 4 rings (SSSR count). The van der Waals surface area contributed by atoms with Crippen molar-refractivity contribution in [2.45, 2.75) is 63.8 Å². The first-order valence-electron chi connectivity index (χ1n) is 10.2. The summed E-state index contributed by atoms with van der Waals surface area (Å²) in [5, 5.41) is 3.85. The second-order valence-corrected chi connectivity index (χ2v) is 9.40. The second kappa shape index (κ2) is 9.35. The third kappa shape index (κ3) is 4.96. The Balaban J connectivity index is 0.000000880. The first kappa shape index (κ1) is 19.1. The number of likely N-dealkylation sites (tertiary alicyclic amines) is 1. The Bertz CT molecular complexity index is 481. The summed E-state index contributed by atoms with van der Waals surface area (Å²) in [4.78, 5) is 7.01. The summed E-state index contributed by atoms with van der Waals surface area (Å²) in [6, 6.07) is 0. The maximum absolute atomic E-state index is 4.00. The van der Waals surface area contributed by atoms with Crippen molar-refractivity contribution in [3.05, 3.63) is 10.6 Å². The Labute approximate surface area is 159 Å². The average molecular weight is 362 g/mol. The van der Waals surface area contributed by atoms with Crippen molar-refractivity contribution in [1.82, 2.24) is 15.1 Å². The first-order valence-corrected chi connectivity index (χ1v) is 11.1. The first-order chi connectivity index (χ1) is 12.3. The predicted octanol–water partition coefficient (Wildman–Crippen LogP) is 4.09. The molecule has 0 radical (unpaired) electrons. The van der Waals surface area contributed by atoms with Crippen LogP contribution in [0.15, 0.2) is 10.6 Å². The van der Waals surface area contributed by atoms with Crippen molar-refractivity contribution in [3.63, 3.8) is 0 Å². The summed E-state index contributed by atoms with van der Waals surface area (Å²) < 4.78 is 0. The predicted molar refractivity (Wildman–Crippen MR) is 109 cm³/mol. The Kier molecular flexibility index (Phi) is 7.16. The molecule has 25 heavy (non-hydrogen) atoms. The standard InChI is InChI=1S/C19H33N3S.C2H2/c1-15-7-12-22(13-15)19-20-17-14-21(11-9-18(17)23-19)10-8-16-5-3-2-4-6-16;1-2/h15-16,19-20H,2-14H2,1H3;1-2H. The van der Waals surface area contributed by atoms with Crippen LogP contribution in [-0.4, -0.2) is 48.0 Å². The van der Waals surface area contributed by atoms with E-state index in [0.717, 1.165) is 11.8 Å². The minimum absolute atomic E-state index is 0.531. The van der Waals surface area contributed by atoms with Crippen LogP contribution >= 0.6 is 11.8 Å². The molecule has 2 atom stereocenters. The van der Waals surface area contributed by atoms with Crippen molar-refractivity contribution >= 4 is 11.8 Å². The van der Waals surface area contributed by atoms with Gasteiger partial charge < -0.3 is 5.32 Å². The van der Waals surface area contributed by atoms with Gasteiger partial charge in [-0.3, -0.25) is 9.80 Å². The van der Waals surface area contributed by atoms with E-state index < -0.39 is 0 Å². The van der Waals surface area contributed by atoms with Gasteiger partial charge in [0.1, 0.15) is 5.50 Å². The number of terminal acetylenes is 1. The minimum Gasteiger partial charge on any atom is -0.363 e. The Morgan fingerprint density at radius 1 is 1.12 bits per heavy atom. The monoisotopic (exact) mass is 361 g/mol. The van der Waals surface area contributed by atoms with Crippen molar-refractivity contribution in [2.75, 3.05) is 32.7 Å². The number of rotatable bonds is 4. The molecule has 1 N–H and O–H groups in total. The molecule has 4 aliphatic rings. The molecular formula is C21H35N3S. The zero-order valence-electron chi connectivity index (χ0n) is 15.9. The van der Waals surface area contributed by atoms with E-state index in [1.807, 2.05) is 0 Å². The second-order valence-electron chi connectivity index (χ2n) is 8.22. The highest BCUT2D eigenvalue weighted by Crippen LogP contribution is 2.39. The van der Waals surface area contributed by atoms with Crippen LogP contribution < -0.4 is 5.32 Å². The van der Waals surface area contributed by atoms with E-state index in [-0.39, 0.29) is 0 Å². The van der Waals surface area contributed by atoms with Gasteiger partial charge in [-0.05, 0) is 37.6 Å². The highest BCUT2D eigenvalue weighted by atomic mass is 32.2. The fourth-order valence-corrected chi connectivity index (χ4v) is 6.04. The van der Waals surface area contributed by atoms with Crippen LogP contribution in [0.5, 0.6) is 0 Å². The van der Waals surface area contributed by atoms with Crippen LogP contribution in [0.2, 0.25) is 0 Å². The topological polar surface area (TPSA) is 18.5 Å². The van der Waals surface area contributed by atoms with Gasteiger partial charge in [0.05, 0.1) is 0 Å². The fourth-order valence-electron chi connectivity index (χ4n) is 4.75. The smallest absolute Gasteiger partial charge is 0.132 e. The molecule has 0 bridgehead atoms. The van der Waals surface area contributed by atoms with Crippen molar-refractivity contribution < 1.29 is 0 Å². The molecule has 2 fully saturated rings. The summed E-state index contributed by atoms with van der Waals surface area (Å²) in [7, 11) is 0. The SMILES string of the molecule is C#C.CC1CCN(C2NC3=C(CCN(CCC4CCCCC4)C3)S2)C1. The summed E-state index contributed by atoms with van der Waals surface area (Å²) >= 11 is 2.11. The van der Waals surface area contributed by atoms with Gasteiger partial charge in [0.2, 0.25) is 0 Å². The lowest BCUT2D eigenvalue weighted by Gasteiger charge is -2.30. The highest BCUT2D eigenvalue weighted by molar-refractivity contribution is 8.03. The van der Waals surface area contributed by atoms with Crippen LogP contribution in [0.25, 0.3) is 0 Å². The normalized spacial score (nSPS) is 31.3. The van der Waals surface area contributed by atoms with E-state index in [9.17, 15) is 0 Å². The number of nitrogens with one attached hydrogen (secondary N) is 1. The highest BCUT2D eigenvalue weighted by Gasteiger charge is 2.34. The zero-order valence-corrected chi connectivity index (χ0v) is 16.7. The van der Waals surface area contributed by atoms with Gasteiger partial charge in [-0.2, -0.15) is 0 Å². The Morgan fingerprint density at radius 2 is 1.92 bits per heavy atom. The van der Waals surface area contributed by atoms with Crippen molar-refractivity contribution in [2.24, 2.45) is 11.8 Å². The Morgan fingerprint density at radius 3 is 2.64 bits per heavy atom. The minimum atomic E-state index is 0.531. The van der Waals surface area contributed by atoms with Gasteiger partial charge in [-0.15, -0.1) is 12.8 Å². The molecule has 1 saturated carbocycles. The van der Waals surface area contributed by atoms with E-state index in [2.05, 4.69) is 46.6 Å². The third-order valence-electron chi connectivity index (χ3n) is 6.29. The summed E-state index contributed by atoms with van der Waals surface area (Å²) in [6.07, 6.45) is 19.5. The van der Waals surface area contributed by atoms with Crippen molar-refractivity contribution in [3.8, 4) is 12.8 Å². The number of thioether (sulfide) groups is 1. The molecule has 2 unspecified atom stereocenters. The maximum Gasteiger partial charge on any atom is 0.132 e. The number of hydrogen-bond donors (Lipinski definition) is 1. The third-order valence-corrected chi connectivity index (χ3v) is 7.66. The van der Waals surface area contributed by atoms with Gasteiger partial charge in [0.25, 0.3) is 0 Å². The summed E-state index contributed by atoms with van der Waals surface area (Å²) in [5.74, 6) is 1.89. The van der Waals surface area contributed by atoms with E-state index in [0.29, 0.717) is 5.50 Å². The molecule has 0 spiro atoms. The van der Waals surface area contributed by atoms with Crippen LogP contribution in [0.4, 0.5) is 0 Å². The maximum atomic E-state index is 4.00. The van der Waals surface area contributed by atoms with Crippen LogP contribution in [0.1, 0.15) is 58.3 Å². The van der Waals surface area contributed by atoms with Gasteiger partial charge in [0.15, 0.2) is 0 Å². The molecule has 1 saturated heterocycles. The van der Waals surface area contributed by atoms with Crippen molar-refractivity contribution in [1.29, 1.82) is 0 Å². The quantitative estimate of drug-likeness (QED) is 0.760. The van der Waals surface area contributed by atoms with Gasteiger partial charge >= 0.3 is 0 Å². The van der Waals surface area contributed by atoms with Crippen LogP contribution in [0, 0.1) is 24.7 Å². The Hall–Kier alpha value is -0.630. The molecule has 0 aromatic carbocycles. The number of hydrogen-bond acceptors (Lipinski definition) is 4. The molecule has 0 aromatic heterocycles. The lowest BCUT2D eigenvalue weighted by molar-refractivity contribution is 0.231. The number of nitrogens with zero attached hydrogens (tertiary/aromatic N) is 2. The molecule has 1 aliphatic carbocycles. The molecular weight excluding hydrogens is 326 g/mol. The molecule has 0 amide bonds. The van der Waals surface area contributed by atoms with Crippen LogP contribution in [-0.2, 0) is 0 Å². The molecule has 3 heterocycles. The molecule has 3 nitrogen and oxygen atoms in total. The van der Waals surface area contributed by atoms with Crippen LogP contribution in [0.3, 0.4) is 0 Å². The average Bonchev–Trinajstić information content (AvgIpc) is 3.28. The molecule has 4 heteroatoms. The van der Waals surface area contributed by atoms with E-state index in [1.165, 1.54) is 84.1 Å². The lowest BCUT2D eigenvalue weighted by atomic mass is 9.87. The molecule has 140 valence electrons. The van der Waals surface area contributed by atoms with Gasteiger partial charge in [-0.1, -0.05) is 50.8 Å². The fraction of sp³-hybridized carbons (Fsp3) is 0.810. The summed E-state index contributed by atoms with van der Waals surface area (Å²) in [5.41, 5.74) is 2.08. The largest absolute Gasteiger partial charge is 0.363 e. The summed E-state index contributed by atoms with van der Waals surface area (Å²) in [6.45, 7) is 8.71. The molecule has 0 aromatic rings. The van der Waals surface area contributed by atoms with E-state index in [4.69, 9.17) is 0 Å². The zero-order chi connectivity index (χ0) is 17.6. The van der Waals surface area contributed by atoms with E-state index in [1.54, 1.807) is 10.6 Å². The van der Waals surface area contributed by atoms with E-state index >= 15 is 0 Å².